The molecular weight excluding hydrogens is 436 g/mol. The molecule has 178 valence electrons. The Morgan fingerprint density at radius 2 is 1.76 bits per heavy atom. The molecule has 0 aromatic heterocycles. The van der Waals surface area contributed by atoms with E-state index in [2.05, 4.69) is 5.32 Å². The number of non-ortho nitro benzene ring substituents is 1. The summed E-state index contributed by atoms with van der Waals surface area (Å²) in [4.78, 5) is 49.3. The van der Waals surface area contributed by atoms with Gasteiger partial charge in [-0.3, -0.25) is 19.7 Å². The Hall–Kier alpha value is -3.97. The van der Waals surface area contributed by atoms with Gasteiger partial charge in [0.25, 0.3) is 5.69 Å². The third-order valence-corrected chi connectivity index (χ3v) is 6.03. The summed E-state index contributed by atoms with van der Waals surface area (Å²) < 4.78 is 0. The zero-order valence-corrected chi connectivity index (χ0v) is 19.3. The van der Waals surface area contributed by atoms with Crippen molar-refractivity contribution in [2.24, 2.45) is 0 Å². The number of nitrogens with zero attached hydrogens (tertiary/aromatic N) is 3. The van der Waals surface area contributed by atoms with E-state index in [1.165, 1.54) is 43.0 Å². The molecule has 0 spiro atoms. The second-order valence-corrected chi connectivity index (χ2v) is 8.27. The highest BCUT2D eigenvalue weighted by Crippen LogP contribution is 2.34. The minimum absolute atomic E-state index is 0.0522. The predicted octanol–water partition coefficient (Wildman–Crippen LogP) is 3.89. The minimum Gasteiger partial charge on any atom is -0.366 e. The van der Waals surface area contributed by atoms with Gasteiger partial charge in [-0.25, -0.2) is 4.79 Å². The van der Waals surface area contributed by atoms with Crippen molar-refractivity contribution in [2.45, 2.75) is 39.0 Å². The van der Waals surface area contributed by atoms with E-state index < -0.39 is 4.92 Å². The quantitative estimate of drug-likeness (QED) is 0.360. The first kappa shape index (κ1) is 24.7. The summed E-state index contributed by atoms with van der Waals surface area (Å²) in [6.07, 6.45) is 1.97. The van der Waals surface area contributed by atoms with E-state index in [4.69, 9.17) is 0 Å². The largest absolute Gasteiger partial charge is 0.366 e. The fourth-order valence-corrected chi connectivity index (χ4v) is 4.33. The molecule has 0 saturated carbocycles. The summed E-state index contributed by atoms with van der Waals surface area (Å²) in [6, 6.07) is 13.5. The van der Waals surface area contributed by atoms with Gasteiger partial charge in [0.15, 0.2) is 0 Å². The van der Waals surface area contributed by atoms with Gasteiger partial charge in [0.2, 0.25) is 11.8 Å². The zero-order valence-electron chi connectivity index (χ0n) is 19.3. The highest BCUT2D eigenvalue weighted by Gasteiger charge is 2.25. The molecule has 9 heteroatoms. The molecule has 3 rings (SSSR count). The number of piperidine rings is 1. The van der Waals surface area contributed by atoms with Gasteiger partial charge >= 0.3 is 0 Å². The van der Waals surface area contributed by atoms with E-state index in [-0.39, 0.29) is 30.0 Å². The molecule has 2 aromatic rings. The van der Waals surface area contributed by atoms with E-state index in [9.17, 15) is 24.5 Å². The lowest BCUT2D eigenvalue weighted by Crippen LogP contribution is -2.36. The van der Waals surface area contributed by atoms with E-state index in [1.807, 2.05) is 35.1 Å². The first-order chi connectivity index (χ1) is 16.3. The number of carbonyl (C=O) groups is 2. The molecule has 1 saturated heterocycles. The van der Waals surface area contributed by atoms with Crippen LogP contribution in [0, 0.1) is 10.1 Å². The second kappa shape index (κ2) is 11.2. The number of carbonyl (C=O) groups excluding carboxylic acids is 3. The third kappa shape index (κ3) is 6.08. The van der Waals surface area contributed by atoms with Gasteiger partial charge in [-0.2, -0.15) is 0 Å². The van der Waals surface area contributed by atoms with Crippen LogP contribution in [0.2, 0.25) is 0 Å². The summed E-state index contributed by atoms with van der Waals surface area (Å²) in [7, 11) is 0. The first-order valence-corrected chi connectivity index (χ1v) is 11.2. The Bertz CT molecular complexity index is 1100. The van der Waals surface area contributed by atoms with E-state index >= 15 is 0 Å². The van der Waals surface area contributed by atoms with Crippen molar-refractivity contribution in [3.63, 3.8) is 0 Å². The number of nitro groups is 1. The molecule has 0 atom stereocenters. The Morgan fingerprint density at radius 3 is 2.32 bits per heavy atom. The van der Waals surface area contributed by atoms with Gasteiger partial charge < -0.3 is 15.1 Å². The SMILES string of the molecule is CC(=O)Nc1ccccc1C1CCN(C(=C=O)CCN(C(C)=O)c2ccc([N+](=O)[O-])cc2)CC1. The molecule has 1 N–H and O–H groups in total. The van der Waals surface area contributed by atoms with Gasteiger partial charge in [0.05, 0.1) is 4.92 Å². The fraction of sp³-hybridized carbons (Fsp3) is 0.360. The van der Waals surface area contributed by atoms with Crippen molar-refractivity contribution in [1.29, 1.82) is 0 Å². The number of rotatable bonds is 8. The van der Waals surface area contributed by atoms with Crippen LogP contribution in [0.4, 0.5) is 17.1 Å². The highest BCUT2D eigenvalue weighted by molar-refractivity contribution is 5.91. The summed E-state index contributed by atoms with van der Waals surface area (Å²) in [5, 5.41) is 13.8. The molecule has 0 unspecified atom stereocenters. The summed E-state index contributed by atoms with van der Waals surface area (Å²) in [5.41, 5.74) is 2.90. The smallest absolute Gasteiger partial charge is 0.269 e. The van der Waals surface area contributed by atoms with E-state index in [0.29, 0.717) is 30.9 Å². The number of hydrogen-bond acceptors (Lipinski definition) is 6. The van der Waals surface area contributed by atoms with Crippen LogP contribution in [0.25, 0.3) is 0 Å². The van der Waals surface area contributed by atoms with Gasteiger partial charge in [-0.05, 0) is 42.5 Å². The zero-order chi connectivity index (χ0) is 24.7. The van der Waals surface area contributed by atoms with Crippen LogP contribution in [0.1, 0.15) is 44.6 Å². The number of para-hydroxylation sites is 1. The maximum Gasteiger partial charge on any atom is 0.269 e. The van der Waals surface area contributed by atoms with Crippen LogP contribution in [0.5, 0.6) is 0 Å². The van der Waals surface area contributed by atoms with Gasteiger partial charge in [-0.1, -0.05) is 18.2 Å². The van der Waals surface area contributed by atoms with Crippen LogP contribution in [-0.2, 0) is 14.4 Å². The standard InChI is InChI=1S/C25H28N4O5/c1-18(31)26-25-6-4-3-5-24(25)20-11-14-27(15-12-20)23(17-30)13-16-28(19(2)32)21-7-9-22(10-8-21)29(33)34/h3-10,20H,11-16H2,1-2H3,(H,26,31). The number of likely N-dealkylation sites (tertiary alicyclic amines) is 1. The summed E-state index contributed by atoms with van der Waals surface area (Å²) >= 11 is 0. The molecule has 34 heavy (non-hydrogen) atoms. The molecule has 1 aliphatic heterocycles. The van der Waals surface area contributed by atoms with Gasteiger partial charge in [0.1, 0.15) is 11.6 Å². The molecule has 2 aromatic carbocycles. The fourth-order valence-electron chi connectivity index (χ4n) is 4.33. The Balaban J connectivity index is 1.62. The topological polar surface area (TPSA) is 113 Å². The van der Waals surface area contributed by atoms with Crippen molar-refractivity contribution in [2.75, 3.05) is 29.9 Å². The van der Waals surface area contributed by atoms with Crippen molar-refractivity contribution in [1.82, 2.24) is 4.90 Å². The van der Waals surface area contributed by atoms with Crippen molar-refractivity contribution in [3.8, 4) is 0 Å². The maximum absolute atomic E-state index is 12.2. The minimum atomic E-state index is -0.493. The summed E-state index contributed by atoms with van der Waals surface area (Å²) in [5.74, 6) is 1.98. The number of amides is 2. The van der Waals surface area contributed by atoms with Crippen molar-refractivity contribution in [3.05, 3.63) is 69.9 Å². The summed E-state index contributed by atoms with van der Waals surface area (Å²) in [6.45, 7) is 4.51. The molecule has 1 heterocycles. The molecule has 1 fully saturated rings. The molecule has 0 radical (unpaired) electrons. The highest BCUT2D eigenvalue weighted by atomic mass is 16.6. The van der Waals surface area contributed by atoms with Crippen molar-refractivity contribution >= 4 is 34.8 Å². The van der Waals surface area contributed by atoms with Crippen LogP contribution in [0.15, 0.2) is 54.2 Å². The Morgan fingerprint density at radius 1 is 1.12 bits per heavy atom. The van der Waals surface area contributed by atoms with Gasteiger partial charge in [0, 0.05) is 63.4 Å². The molecular formula is C25H28N4O5. The van der Waals surface area contributed by atoms with E-state index in [0.717, 1.165) is 24.1 Å². The predicted molar refractivity (Wildman–Crippen MR) is 129 cm³/mol. The number of hydrogen-bond donors (Lipinski definition) is 1. The molecule has 0 aliphatic carbocycles. The number of nitrogens with one attached hydrogen (secondary N) is 1. The van der Waals surface area contributed by atoms with Gasteiger partial charge in [-0.15, -0.1) is 0 Å². The molecule has 9 nitrogen and oxygen atoms in total. The molecule has 0 bridgehead atoms. The van der Waals surface area contributed by atoms with Crippen LogP contribution in [0.3, 0.4) is 0 Å². The number of anilines is 2. The van der Waals surface area contributed by atoms with E-state index in [1.54, 1.807) is 0 Å². The van der Waals surface area contributed by atoms with Crippen LogP contribution in [-0.4, -0.2) is 47.2 Å². The molecule has 1 aliphatic rings. The number of benzene rings is 2. The van der Waals surface area contributed by atoms with Crippen LogP contribution >= 0.6 is 0 Å². The molecule has 2 amide bonds. The first-order valence-electron chi connectivity index (χ1n) is 11.2. The number of nitro benzene ring substituents is 1. The Kier molecular flexibility index (Phi) is 8.16. The lowest BCUT2D eigenvalue weighted by molar-refractivity contribution is -0.384. The van der Waals surface area contributed by atoms with Crippen LogP contribution < -0.4 is 10.2 Å². The third-order valence-electron chi connectivity index (χ3n) is 6.03. The normalized spacial score (nSPS) is 13.6. The Labute approximate surface area is 198 Å². The average Bonchev–Trinajstić information content (AvgIpc) is 2.82. The van der Waals surface area contributed by atoms with Crippen molar-refractivity contribution < 1.29 is 19.3 Å². The lowest BCUT2D eigenvalue weighted by Gasteiger charge is -2.35. The lowest BCUT2D eigenvalue weighted by atomic mass is 9.88. The maximum atomic E-state index is 12.2. The average molecular weight is 465 g/mol. The monoisotopic (exact) mass is 464 g/mol. The second-order valence-electron chi connectivity index (χ2n) is 8.27.